The second-order valence-corrected chi connectivity index (χ2v) is 13.7. The molecule has 2 aliphatic carbocycles. The topological polar surface area (TPSA) is 171 Å². The minimum atomic E-state index is -0.720. The van der Waals surface area contributed by atoms with Crippen molar-refractivity contribution in [3.05, 3.63) is 159 Å². The fourth-order valence-electron chi connectivity index (χ4n) is 9.08. The maximum absolute atomic E-state index is 12.0. The number of phenolic OH excluding ortho intramolecular Hbond substituents is 8. The molecule has 0 amide bonds. The third-order valence-electron chi connectivity index (χ3n) is 10.9. The van der Waals surface area contributed by atoms with Crippen LogP contribution in [0.5, 0.6) is 51.7 Å². The molecule has 9 nitrogen and oxygen atoms in total. The second-order valence-electron chi connectivity index (χ2n) is 13.7. The van der Waals surface area contributed by atoms with E-state index in [1.165, 1.54) is 12.1 Å². The Morgan fingerprint density at radius 1 is 0.353 bits per heavy atom. The average molecular weight is 681 g/mol. The first kappa shape index (κ1) is 30.6. The van der Waals surface area contributed by atoms with Gasteiger partial charge in [0.15, 0.2) is 0 Å². The molecule has 6 aromatic rings. The van der Waals surface area contributed by atoms with Crippen molar-refractivity contribution in [1.82, 2.24) is 0 Å². The molecule has 51 heavy (non-hydrogen) atoms. The van der Waals surface area contributed by atoms with Crippen molar-refractivity contribution in [2.45, 2.75) is 35.7 Å². The summed E-state index contributed by atoms with van der Waals surface area (Å²) < 4.78 is 6.71. The van der Waals surface area contributed by atoms with Crippen LogP contribution in [0.2, 0.25) is 0 Å². The van der Waals surface area contributed by atoms with Crippen molar-refractivity contribution < 1.29 is 45.6 Å². The number of fused-ring (bicyclic) bond motifs is 6. The third-order valence-corrected chi connectivity index (χ3v) is 10.9. The van der Waals surface area contributed by atoms with E-state index >= 15 is 0 Å². The van der Waals surface area contributed by atoms with E-state index in [9.17, 15) is 40.9 Å². The average Bonchev–Trinajstić information content (AvgIpc) is 3.62. The van der Waals surface area contributed by atoms with Gasteiger partial charge in [0.1, 0.15) is 57.8 Å². The molecule has 1 heterocycles. The van der Waals surface area contributed by atoms with Gasteiger partial charge < -0.3 is 45.6 Å². The van der Waals surface area contributed by atoms with Gasteiger partial charge in [-0.25, -0.2) is 0 Å². The van der Waals surface area contributed by atoms with Crippen LogP contribution in [0.25, 0.3) is 0 Å². The normalized spacial score (nSPS) is 22.5. The number of hydrogen-bond acceptors (Lipinski definition) is 9. The summed E-state index contributed by atoms with van der Waals surface area (Å²) in [5.74, 6) is -3.26. The minimum Gasteiger partial charge on any atom is -0.508 e. The molecule has 9 heteroatoms. The van der Waals surface area contributed by atoms with Crippen molar-refractivity contribution in [3.63, 3.8) is 0 Å². The first-order chi connectivity index (χ1) is 24.6. The Bertz CT molecular complexity index is 2350. The van der Waals surface area contributed by atoms with Crippen LogP contribution >= 0.6 is 0 Å². The van der Waals surface area contributed by atoms with Crippen molar-refractivity contribution in [2.24, 2.45) is 0 Å². The summed E-state index contributed by atoms with van der Waals surface area (Å²) in [6.45, 7) is 0. The van der Waals surface area contributed by atoms with Crippen LogP contribution in [0, 0.1) is 0 Å². The molecule has 254 valence electrons. The largest absolute Gasteiger partial charge is 0.508 e. The maximum Gasteiger partial charge on any atom is 0.135 e. The van der Waals surface area contributed by atoms with E-state index in [4.69, 9.17) is 4.74 Å². The van der Waals surface area contributed by atoms with Crippen LogP contribution in [0.3, 0.4) is 0 Å². The van der Waals surface area contributed by atoms with E-state index in [1.54, 1.807) is 97.1 Å². The summed E-state index contributed by atoms with van der Waals surface area (Å²) in [7, 11) is 0. The van der Waals surface area contributed by atoms with Gasteiger partial charge in [-0.3, -0.25) is 0 Å². The van der Waals surface area contributed by atoms with E-state index < -0.39 is 35.7 Å². The molecule has 0 fully saturated rings. The van der Waals surface area contributed by atoms with Crippen LogP contribution in [-0.2, 0) is 0 Å². The molecule has 0 bridgehead atoms. The Hall–Kier alpha value is -6.48. The second kappa shape index (κ2) is 11.0. The van der Waals surface area contributed by atoms with Gasteiger partial charge in [0.25, 0.3) is 0 Å². The van der Waals surface area contributed by atoms with Crippen molar-refractivity contribution >= 4 is 0 Å². The lowest BCUT2D eigenvalue weighted by Gasteiger charge is -2.39. The zero-order valence-corrected chi connectivity index (χ0v) is 26.8. The molecule has 0 saturated heterocycles. The summed E-state index contributed by atoms with van der Waals surface area (Å²) >= 11 is 0. The fraction of sp³-hybridized carbons (Fsp3) is 0.143. The van der Waals surface area contributed by atoms with Gasteiger partial charge in [0.05, 0.1) is 5.92 Å². The number of ether oxygens (including phenoxy) is 1. The van der Waals surface area contributed by atoms with E-state index in [2.05, 4.69) is 0 Å². The number of hydrogen-bond donors (Lipinski definition) is 8. The molecule has 0 unspecified atom stereocenters. The Kier molecular flexibility index (Phi) is 6.60. The predicted molar refractivity (Wildman–Crippen MR) is 186 cm³/mol. The molecular weight excluding hydrogens is 648 g/mol. The minimum absolute atomic E-state index is 0.0364. The molecule has 6 aromatic carbocycles. The van der Waals surface area contributed by atoms with Gasteiger partial charge in [-0.05, 0) is 88.0 Å². The first-order valence-electron chi connectivity index (χ1n) is 16.6. The zero-order valence-electron chi connectivity index (χ0n) is 26.8. The van der Waals surface area contributed by atoms with E-state index in [0.29, 0.717) is 44.7 Å². The maximum atomic E-state index is 12.0. The molecule has 0 aromatic heterocycles. The molecular formula is C42H32O9. The summed E-state index contributed by atoms with van der Waals surface area (Å²) in [6.07, 6.45) is -0.716. The van der Waals surface area contributed by atoms with E-state index in [0.717, 1.165) is 11.1 Å². The van der Waals surface area contributed by atoms with Crippen LogP contribution in [0.15, 0.2) is 109 Å². The molecule has 6 atom stereocenters. The van der Waals surface area contributed by atoms with Gasteiger partial charge >= 0.3 is 0 Å². The molecule has 3 aliphatic rings. The SMILES string of the molecule is Oc1ccc([C@H]2c3c(O)cc(O)cc3[C@H]3c4c(cc(O)cc4[C@H]4[C@H](c5ccc(O)cc5)c5cc(O)cc(O)c5[C@H]24)O[C@@H]3c2ccc(O)cc2)cc1. The van der Waals surface area contributed by atoms with Crippen molar-refractivity contribution in [3.8, 4) is 51.7 Å². The summed E-state index contributed by atoms with van der Waals surface area (Å²) in [5, 5.41) is 88.0. The predicted octanol–water partition coefficient (Wildman–Crippen LogP) is 7.76. The monoisotopic (exact) mass is 680 g/mol. The summed E-state index contributed by atoms with van der Waals surface area (Å²) in [5.41, 5.74) is 5.77. The molecule has 0 radical (unpaired) electrons. The summed E-state index contributed by atoms with van der Waals surface area (Å²) in [4.78, 5) is 0. The molecule has 9 rings (SSSR count). The van der Waals surface area contributed by atoms with E-state index in [1.807, 2.05) is 0 Å². The first-order valence-corrected chi connectivity index (χ1v) is 16.6. The van der Waals surface area contributed by atoms with Crippen LogP contribution < -0.4 is 4.74 Å². The lowest BCUT2D eigenvalue weighted by Crippen LogP contribution is -2.26. The fourth-order valence-corrected chi connectivity index (χ4v) is 9.08. The quantitative estimate of drug-likeness (QED) is 0.0931. The molecule has 8 N–H and O–H groups in total. The number of aromatic hydroxyl groups is 8. The van der Waals surface area contributed by atoms with Gasteiger partial charge in [-0.2, -0.15) is 0 Å². The van der Waals surface area contributed by atoms with Crippen LogP contribution in [0.1, 0.15) is 85.8 Å². The van der Waals surface area contributed by atoms with Gasteiger partial charge in [-0.15, -0.1) is 0 Å². The highest BCUT2D eigenvalue weighted by Gasteiger charge is 2.54. The summed E-state index contributed by atoms with van der Waals surface area (Å²) in [6, 6.07) is 29.0. The van der Waals surface area contributed by atoms with Crippen LogP contribution in [-0.4, -0.2) is 40.9 Å². The highest BCUT2D eigenvalue weighted by atomic mass is 16.5. The smallest absolute Gasteiger partial charge is 0.135 e. The Labute approximate surface area is 291 Å². The van der Waals surface area contributed by atoms with E-state index in [-0.39, 0.29) is 46.0 Å². The Balaban J connectivity index is 1.44. The van der Waals surface area contributed by atoms with Crippen molar-refractivity contribution in [1.29, 1.82) is 0 Å². The number of rotatable bonds is 3. The zero-order chi connectivity index (χ0) is 35.3. The highest BCUT2D eigenvalue weighted by Crippen LogP contribution is 2.69. The molecule has 1 aliphatic heterocycles. The third kappa shape index (κ3) is 4.61. The van der Waals surface area contributed by atoms with Gasteiger partial charge in [0, 0.05) is 58.6 Å². The lowest BCUT2D eigenvalue weighted by molar-refractivity contribution is 0.220. The number of benzene rings is 6. The Morgan fingerprint density at radius 3 is 1.37 bits per heavy atom. The van der Waals surface area contributed by atoms with Gasteiger partial charge in [-0.1, -0.05) is 36.4 Å². The Morgan fingerprint density at radius 2 is 0.804 bits per heavy atom. The van der Waals surface area contributed by atoms with Gasteiger partial charge in [0.2, 0.25) is 0 Å². The lowest BCUT2D eigenvalue weighted by atomic mass is 9.63. The highest BCUT2D eigenvalue weighted by molar-refractivity contribution is 5.69. The molecule has 0 spiro atoms. The number of phenols is 8. The van der Waals surface area contributed by atoms with Crippen LogP contribution in [0.4, 0.5) is 0 Å². The van der Waals surface area contributed by atoms with Crippen molar-refractivity contribution in [2.75, 3.05) is 0 Å². The standard InChI is InChI=1S/C42H32O9/c43-22-7-1-19(2-8-22)34-28-13-25(46)17-32(50)37(28)41-35(20-3-9-23(44)10-4-20)36-29(14-26(47)16-31(36)49)40-38-30(39(34)41)15-27(48)18-33(38)51-42(40)21-5-11-24(45)12-6-21/h1-18,34-35,39-50H/t34-,35+,39+,40+,41+,42-/m1/s1. The molecule has 0 saturated carbocycles.